The van der Waals surface area contributed by atoms with Gasteiger partial charge in [-0.05, 0) is 24.8 Å². The molecule has 2 atom stereocenters. The van der Waals surface area contributed by atoms with Gasteiger partial charge in [-0.1, -0.05) is 43.2 Å². The lowest BCUT2D eigenvalue weighted by Gasteiger charge is -2.44. The van der Waals surface area contributed by atoms with Crippen molar-refractivity contribution in [2.24, 2.45) is 0 Å². The molecule has 1 heterocycles. The molecule has 1 aliphatic carbocycles. The largest absolute Gasteiger partial charge is 0.311 e. The number of hydrogen-bond acceptors (Lipinski definition) is 2. The Labute approximate surface area is 110 Å². The molecular formula is C16H24N2. The van der Waals surface area contributed by atoms with Crippen LogP contribution in [-0.2, 0) is 6.42 Å². The summed E-state index contributed by atoms with van der Waals surface area (Å²) >= 11 is 0. The Hall–Kier alpha value is -0.860. The first-order valence-electron chi connectivity index (χ1n) is 7.45. The van der Waals surface area contributed by atoms with Crippen molar-refractivity contribution < 1.29 is 0 Å². The fraction of sp³-hybridized carbons (Fsp3) is 0.625. The Morgan fingerprint density at radius 2 is 1.94 bits per heavy atom. The highest BCUT2D eigenvalue weighted by Crippen LogP contribution is 2.25. The van der Waals surface area contributed by atoms with E-state index in [4.69, 9.17) is 0 Å². The molecule has 1 saturated carbocycles. The first kappa shape index (κ1) is 12.2. The molecule has 98 valence electrons. The zero-order chi connectivity index (χ0) is 12.2. The number of rotatable bonds is 3. The van der Waals surface area contributed by atoms with Gasteiger partial charge in [-0.15, -0.1) is 0 Å². The fourth-order valence-electron chi connectivity index (χ4n) is 3.54. The molecule has 0 unspecified atom stereocenters. The van der Waals surface area contributed by atoms with Crippen molar-refractivity contribution in [3.05, 3.63) is 35.9 Å². The summed E-state index contributed by atoms with van der Waals surface area (Å²) in [6, 6.07) is 12.5. The summed E-state index contributed by atoms with van der Waals surface area (Å²) in [5, 5.41) is 3.71. The molecule has 1 aromatic carbocycles. The lowest BCUT2D eigenvalue weighted by atomic mass is 9.87. The van der Waals surface area contributed by atoms with Crippen molar-refractivity contribution in [1.82, 2.24) is 10.2 Å². The van der Waals surface area contributed by atoms with Crippen LogP contribution in [0.1, 0.15) is 31.2 Å². The Bertz CT molecular complexity index is 361. The third kappa shape index (κ3) is 2.76. The van der Waals surface area contributed by atoms with E-state index in [1.165, 1.54) is 57.3 Å². The van der Waals surface area contributed by atoms with Crippen LogP contribution in [0.4, 0.5) is 0 Å². The van der Waals surface area contributed by atoms with E-state index < -0.39 is 0 Å². The van der Waals surface area contributed by atoms with Gasteiger partial charge in [0.1, 0.15) is 0 Å². The van der Waals surface area contributed by atoms with Crippen LogP contribution in [-0.4, -0.2) is 36.6 Å². The Morgan fingerprint density at radius 1 is 1.11 bits per heavy atom. The average molecular weight is 244 g/mol. The predicted molar refractivity (Wildman–Crippen MR) is 75.8 cm³/mol. The summed E-state index contributed by atoms with van der Waals surface area (Å²) < 4.78 is 0. The molecule has 1 N–H and O–H groups in total. The van der Waals surface area contributed by atoms with Crippen molar-refractivity contribution in [2.45, 2.75) is 44.2 Å². The van der Waals surface area contributed by atoms with E-state index >= 15 is 0 Å². The van der Waals surface area contributed by atoms with E-state index in [0.717, 1.165) is 12.1 Å². The Morgan fingerprint density at radius 3 is 2.83 bits per heavy atom. The number of piperazine rings is 1. The molecule has 2 fully saturated rings. The molecule has 2 aliphatic rings. The molecule has 2 nitrogen and oxygen atoms in total. The van der Waals surface area contributed by atoms with E-state index in [2.05, 4.69) is 40.5 Å². The van der Waals surface area contributed by atoms with Crippen LogP contribution in [0.15, 0.2) is 30.3 Å². The zero-order valence-electron chi connectivity index (χ0n) is 11.1. The first-order chi connectivity index (χ1) is 8.93. The molecule has 0 radical (unpaired) electrons. The summed E-state index contributed by atoms with van der Waals surface area (Å²) in [7, 11) is 0. The topological polar surface area (TPSA) is 15.3 Å². The van der Waals surface area contributed by atoms with E-state index in [-0.39, 0.29) is 0 Å². The predicted octanol–water partition coefficient (Wildman–Crippen LogP) is 2.45. The molecule has 0 spiro atoms. The summed E-state index contributed by atoms with van der Waals surface area (Å²) in [5.74, 6) is 0. The summed E-state index contributed by atoms with van der Waals surface area (Å²) in [4.78, 5) is 2.73. The third-order valence-corrected chi connectivity index (χ3v) is 4.53. The Balaban J connectivity index is 1.58. The number of nitrogens with one attached hydrogen (secondary N) is 1. The molecule has 1 saturated heterocycles. The van der Waals surface area contributed by atoms with E-state index in [0.29, 0.717) is 0 Å². The van der Waals surface area contributed by atoms with Gasteiger partial charge in [-0.3, -0.25) is 4.90 Å². The minimum atomic E-state index is 0.767. The first-order valence-corrected chi connectivity index (χ1v) is 7.45. The van der Waals surface area contributed by atoms with Gasteiger partial charge in [0.15, 0.2) is 0 Å². The number of nitrogens with zero attached hydrogens (tertiary/aromatic N) is 1. The maximum Gasteiger partial charge on any atom is 0.0250 e. The second-order valence-corrected chi connectivity index (χ2v) is 5.68. The maximum atomic E-state index is 3.71. The van der Waals surface area contributed by atoms with E-state index in [9.17, 15) is 0 Å². The monoisotopic (exact) mass is 244 g/mol. The fourth-order valence-corrected chi connectivity index (χ4v) is 3.54. The van der Waals surface area contributed by atoms with Crippen LogP contribution >= 0.6 is 0 Å². The second-order valence-electron chi connectivity index (χ2n) is 5.68. The van der Waals surface area contributed by atoms with Crippen LogP contribution in [0.3, 0.4) is 0 Å². The minimum absolute atomic E-state index is 0.767. The highest BCUT2D eigenvalue weighted by Gasteiger charge is 2.32. The molecule has 18 heavy (non-hydrogen) atoms. The SMILES string of the molecule is c1ccc(CCN2CCN[C@@H]3CCCC[C@@H]32)cc1. The van der Waals surface area contributed by atoms with Gasteiger partial charge >= 0.3 is 0 Å². The average Bonchev–Trinajstić information content (AvgIpc) is 2.46. The van der Waals surface area contributed by atoms with Gasteiger partial charge in [-0.2, -0.15) is 0 Å². The highest BCUT2D eigenvalue weighted by molar-refractivity contribution is 5.15. The van der Waals surface area contributed by atoms with E-state index in [1.54, 1.807) is 0 Å². The lowest BCUT2D eigenvalue weighted by Crippen LogP contribution is -2.59. The summed E-state index contributed by atoms with van der Waals surface area (Å²) in [6.45, 7) is 3.64. The molecule has 1 aliphatic heterocycles. The Kier molecular flexibility index (Phi) is 3.96. The van der Waals surface area contributed by atoms with Gasteiger partial charge in [0.2, 0.25) is 0 Å². The van der Waals surface area contributed by atoms with Gasteiger partial charge in [0.25, 0.3) is 0 Å². The van der Waals surface area contributed by atoms with Crippen molar-refractivity contribution in [3.8, 4) is 0 Å². The van der Waals surface area contributed by atoms with Crippen molar-refractivity contribution in [3.63, 3.8) is 0 Å². The van der Waals surface area contributed by atoms with Gasteiger partial charge in [0.05, 0.1) is 0 Å². The maximum absolute atomic E-state index is 3.71. The minimum Gasteiger partial charge on any atom is -0.311 e. The smallest absolute Gasteiger partial charge is 0.0250 e. The number of benzene rings is 1. The zero-order valence-corrected chi connectivity index (χ0v) is 11.1. The number of fused-ring (bicyclic) bond motifs is 1. The number of hydrogen-bond donors (Lipinski definition) is 1. The molecular weight excluding hydrogens is 220 g/mol. The van der Waals surface area contributed by atoms with Crippen molar-refractivity contribution in [2.75, 3.05) is 19.6 Å². The van der Waals surface area contributed by atoms with Crippen molar-refractivity contribution in [1.29, 1.82) is 0 Å². The van der Waals surface area contributed by atoms with Crippen molar-refractivity contribution >= 4 is 0 Å². The van der Waals surface area contributed by atoms with Crippen LogP contribution in [0, 0.1) is 0 Å². The normalized spacial score (nSPS) is 28.9. The standard InChI is InChI=1S/C16H24N2/c1-2-6-14(7-3-1)10-12-18-13-11-17-15-8-4-5-9-16(15)18/h1-3,6-7,15-17H,4-5,8-13H2/t15-,16+/m1/s1. The molecule has 3 rings (SSSR count). The van der Waals surface area contributed by atoms with Gasteiger partial charge < -0.3 is 5.32 Å². The molecule has 0 aromatic heterocycles. The molecule has 2 heteroatoms. The van der Waals surface area contributed by atoms with Crippen LogP contribution < -0.4 is 5.32 Å². The van der Waals surface area contributed by atoms with Gasteiger partial charge in [-0.25, -0.2) is 0 Å². The van der Waals surface area contributed by atoms with E-state index in [1.807, 2.05) is 0 Å². The van der Waals surface area contributed by atoms with Crippen LogP contribution in [0.25, 0.3) is 0 Å². The molecule has 0 amide bonds. The highest BCUT2D eigenvalue weighted by atomic mass is 15.2. The lowest BCUT2D eigenvalue weighted by molar-refractivity contribution is 0.0893. The van der Waals surface area contributed by atoms with Crippen LogP contribution in [0.2, 0.25) is 0 Å². The quantitative estimate of drug-likeness (QED) is 0.878. The van der Waals surface area contributed by atoms with Crippen LogP contribution in [0.5, 0.6) is 0 Å². The molecule has 0 bridgehead atoms. The summed E-state index contributed by atoms with van der Waals surface area (Å²) in [6.07, 6.45) is 6.81. The second kappa shape index (κ2) is 5.85. The molecule has 1 aromatic rings. The van der Waals surface area contributed by atoms with Gasteiger partial charge in [0, 0.05) is 31.7 Å². The summed E-state index contributed by atoms with van der Waals surface area (Å²) in [5.41, 5.74) is 1.48. The third-order valence-electron chi connectivity index (χ3n) is 4.53.